The zero-order chi connectivity index (χ0) is 29.8. The highest BCUT2D eigenvalue weighted by Crippen LogP contribution is 2.28. The molecule has 2 rings (SSSR count). The molecular formula is C31H46N4O5. The summed E-state index contributed by atoms with van der Waals surface area (Å²) >= 11 is 0. The summed E-state index contributed by atoms with van der Waals surface area (Å²) in [5.74, 6) is -1.12. The monoisotopic (exact) mass is 554 g/mol. The van der Waals surface area contributed by atoms with Gasteiger partial charge in [0.15, 0.2) is 0 Å². The fourth-order valence-corrected chi connectivity index (χ4v) is 4.66. The third kappa shape index (κ3) is 10.3. The smallest absolute Gasteiger partial charge is 0.407 e. The third-order valence-corrected chi connectivity index (χ3v) is 7.09. The van der Waals surface area contributed by atoms with Crippen molar-refractivity contribution < 1.29 is 23.9 Å². The minimum absolute atomic E-state index is 0.00516. The van der Waals surface area contributed by atoms with E-state index < -0.39 is 12.0 Å². The molecule has 220 valence electrons. The fraction of sp³-hybridized carbons (Fsp3) is 0.548. The second kappa shape index (κ2) is 16.0. The number of hydrogen-bond acceptors (Lipinski definition) is 7. The molecule has 2 amide bonds. The molecule has 1 heterocycles. The van der Waals surface area contributed by atoms with Crippen LogP contribution in [0.15, 0.2) is 58.5 Å². The average Bonchev–Trinajstić information content (AvgIpc) is 2.89. The van der Waals surface area contributed by atoms with E-state index in [0.29, 0.717) is 43.5 Å². The van der Waals surface area contributed by atoms with Crippen molar-refractivity contribution in [2.24, 2.45) is 11.8 Å². The normalized spacial score (nSPS) is 27.1. The van der Waals surface area contributed by atoms with Crippen LogP contribution in [0.3, 0.4) is 0 Å². The maximum Gasteiger partial charge on any atom is 0.407 e. The second-order valence-electron chi connectivity index (χ2n) is 11.1. The summed E-state index contributed by atoms with van der Waals surface area (Å²) in [6.07, 6.45) is 11.3. The number of fused-ring (bicyclic) bond motifs is 2. The maximum atomic E-state index is 13.6. The molecule has 1 aliphatic heterocycles. The molecule has 0 fully saturated rings. The number of rotatable bonds is 5. The van der Waals surface area contributed by atoms with Gasteiger partial charge in [-0.1, -0.05) is 43.7 Å². The van der Waals surface area contributed by atoms with Gasteiger partial charge in [-0.25, -0.2) is 4.79 Å². The molecule has 0 saturated carbocycles. The predicted octanol–water partition coefficient (Wildman–Crippen LogP) is 3.95. The molecule has 2 bridgehead atoms. The van der Waals surface area contributed by atoms with E-state index in [0.717, 1.165) is 12.8 Å². The van der Waals surface area contributed by atoms with E-state index in [1.807, 2.05) is 45.0 Å². The molecule has 0 aromatic rings. The Kier molecular flexibility index (Phi) is 13.1. The van der Waals surface area contributed by atoms with E-state index in [1.54, 1.807) is 13.0 Å². The minimum Gasteiger partial charge on any atom is -0.446 e. The number of alkyl carbamates (subject to hydrolysis) is 1. The first-order valence-electron chi connectivity index (χ1n) is 14.1. The van der Waals surface area contributed by atoms with Gasteiger partial charge in [-0.15, -0.1) is 0 Å². The lowest BCUT2D eigenvalue weighted by Crippen LogP contribution is -2.37. The Labute approximate surface area is 238 Å². The second-order valence-corrected chi connectivity index (χ2v) is 11.1. The van der Waals surface area contributed by atoms with E-state index in [9.17, 15) is 19.2 Å². The summed E-state index contributed by atoms with van der Waals surface area (Å²) in [5.41, 5.74) is 2.25. The highest BCUT2D eigenvalue weighted by atomic mass is 16.6. The van der Waals surface area contributed by atoms with E-state index in [2.05, 4.69) is 29.0 Å². The standard InChI is InChI=1S/C31H46N4O5/c1-20-11-9-8-10-12-22(3)30(38)34-25-19-26(36)28(33-15-16-35(6)7)24(29(25)37)18-21(2)13-14-27(23(4)17-20)40-31(39)32-5/h8,10,12,17,19,21,23,27,33H,9,11,13-16,18H2,1-7H3,(H,32,39)(H,34,38)/b10-8-,20-17+,22-12+/t21-,23-,27-/m1/s1. The number of ether oxygens (including phenoxy) is 1. The zero-order valence-corrected chi connectivity index (χ0v) is 25.1. The topological polar surface area (TPSA) is 117 Å². The van der Waals surface area contributed by atoms with Crippen LogP contribution in [0.1, 0.15) is 59.8 Å². The fourth-order valence-electron chi connectivity index (χ4n) is 4.66. The molecule has 2 aliphatic rings. The van der Waals surface area contributed by atoms with Crippen molar-refractivity contribution in [2.75, 3.05) is 34.2 Å². The van der Waals surface area contributed by atoms with Crippen molar-refractivity contribution in [2.45, 2.75) is 65.9 Å². The summed E-state index contributed by atoms with van der Waals surface area (Å²) in [6.45, 7) is 8.97. The van der Waals surface area contributed by atoms with Gasteiger partial charge in [0.1, 0.15) is 6.10 Å². The van der Waals surface area contributed by atoms with Gasteiger partial charge in [0.2, 0.25) is 11.6 Å². The van der Waals surface area contributed by atoms with Crippen LogP contribution in [0, 0.1) is 11.8 Å². The van der Waals surface area contributed by atoms with Crippen molar-refractivity contribution >= 4 is 23.6 Å². The Balaban J connectivity index is 2.44. The molecule has 0 aromatic heterocycles. The van der Waals surface area contributed by atoms with E-state index in [-0.39, 0.29) is 40.9 Å². The predicted molar refractivity (Wildman–Crippen MR) is 157 cm³/mol. The Bertz CT molecular complexity index is 1110. The SMILES string of the molecule is CNC(=O)O[C@@H]1CC[C@@H](C)CC2=C(NCCN(C)C)C(=O)C=C(NC(=O)/C(C)=C/C=C\CC/C(C)=C/[C@H]1C)C2=O. The number of carbonyl (C=O) groups excluding carboxylic acids is 4. The number of hydrogen-bond donors (Lipinski definition) is 3. The Hall–Kier alpha value is -3.46. The first-order chi connectivity index (χ1) is 18.9. The molecule has 0 saturated heterocycles. The number of carbonyl (C=O) groups is 4. The number of Topliss-reactive ketones (excluding diaryl/α,β-unsaturated/α-hetero) is 1. The molecule has 0 aromatic carbocycles. The largest absolute Gasteiger partial charge is 0.446 e. The highest BCUT2D eigenvalue weighted by molar-refractivity contribution is 6.23. The first-order valence-corrected chi connectivity index (χ1v) is 14.1. The Morgan fingerprint density at radius 1 is 1.15 bits per heavy atom. The number of nitrogens with one attached hydrogen (secondary N) is 3. The van der Waals surface area contributed by atoms with Crippen molar-refractivity contribution in [3.05, 3.63) is 58.5 Å². The lowest BCUT2D eigenvalue weighted by molar-refractivity contribution is -0.120. The van der Waals surface area contributed by atoms with Gasteiger partial charge in [-0.3, -0.25) is 14.4 Å². The summed E-state index contributed by atoms with van der Waals surface area (Å²) in [4.78, 5) is 53.7. The van der Waals surface area contributed by atoms with Crippen LogP contribution in [-0.4, -0.2) is 68.8 Å². The van der Waals surface area contributed by atoms with Gasteiger partial charge in [0.25, 0.3) is 5.91 Å². The van der Waals surface area contributed by atoms with Crippen LogP contribution < -0.4 is 16.0 Å². The number of amides is 2. The van der Waals surface area contributed by atoms with Crippen LogP contribution in [0.25, 0.3) is 0 Å². The zero-order valence-electron chi connectivity index (χ0n) is 25.1. The lowest BCUT2D eigenvalue weighted by Gasteiger charge is -2.26. The average molecular weight is 555 g/mol. The molecule has 0 spiro atoms. The summed E-state index contributed by atoms with van der Waals surface area (Å²) in [5, 5.41) is 8.35. The number of nitrogens with zero attached hydrogens (tertiary/aromatic N) is 1. The molecule has 9 heteroatoms. The Morgan fingerprint density at radius 2 is 1.88 bits per heavy atom. The third-order valence-electron chi connectivity index (χ3n) is 7.09. The molecule has 3 N–H and O–H groups in total. The van der Waals surface area contributed by atoms with Gasteiger partial charge in [-0.05, 0) is 66.0 Å². The van der Waals surface area contributed by atoms with Gasteiger partial charge >= 0.3 is 6.09 Å². The van der Waals surface area contributed by atoms with E-state index in [4.69, 9.17) is 4.74 Å². The molecule has 1 aliphatic carbocycles. The summed E-state index contributed by atoms with van der Waals surface area (Å²) in [6, 6.07) is 0. The molecule has 0 unspecified atom stereocenters. The Morgan fingerprint density at radius 3 is 2.55 bits per heavy atom. The van der Waals surface area contributed by atoms with Crippen LogP contribution >= 0.6 is 0 Å². The van der Waals surface area contributed by atoms with Gasteiger partial charge in [-0.2, -0.15) is 0 Å². The van der Waals surface area contributed by atoms with Crippen molar-refractivity contribution in [3.8, 4) is 0 Å². The van der Waals surface area contributed by atoms with Crippen LogP contribution in [0.2, 0.25) is 0 Å². The van der Waals surface area contributed by atoms with Crippen LogP contribution in [0.4, 0.5) is 4.79 Å². The number of likely N-dealkylation sites (N-methyl/N-ethyl adjacent to an activating group) is 1. The lowest BCUT2D eigenvalue weighted by atomic mass is 9.86. The minimum atomic E-state index is -0.479. The van der Waals surface area contributed by atoms with Gasteiger partial charge in [0.05, 0.1) is 11.4 Å². The highest BCUT2D eigenvalue weighted by Gasteiger charge is 2.31. The molecule has 40 heavy (non-hydrogen) atoms. The van der Waals surface area contributed by atoms with E-state index in [1.165, 1.54) is 18.7 Å². The molecule has 9 nitrogen and oxygen atoms in total. The van der Waals surface area contributed by atoms with Crippen molar-refractivity contribution in [1.82, 2.24) is 20.9 Å². The number of ketones is 2. The van der Waals surface area contributed by atoms with E-state index >= 15 is 0 Å². The van der Waals surface area contributed by atoms with Gasteiger partial charge < -0.3 is 25.6 Å². The summed E-state index contributed by atoms with van der Waals surface area (Å²) < 4.78 is 5.72. The molecule has 0 radical (unpaired) electrons. The maximum absolute atomic E-state index is 13.6. The first kappa shape index (κ1) is 32.8. The van der Waals surface area contributed by atoms with Crippen LogP contribution in [0.5, 0.6) is 0 Å². The van der Waals surface area contributed by atoms with Crippen molar-refractivity contribution in [3.63, 3.8) is 0 Å². The number of allylic oxidation sites excluding steroid dienone is 6. The van der Waals surface area contributed by atoms with Crippen LogP contribution in [-0.2, 0) is 19.1 Å². The summed E-state index contributed by atoms with van der Waals surface area (Å²) in [7, 11) is 5.40. The quantitative estimate of drug-likeness (QED) is 0.348. The molecular weight excluding hydrogens is 508 g/mol. The van der Waals surface area contributed by atoms with Crippen molar-refractivity contribution in [1.29, 1.82) is 0 Å². The van der Waals surface area contributed by atoms with Gasteiger partial charge in [0, 0.05) is 43.3 Å². The molecule has 3 atom stereocenters.